The quantitative estimate of drug-likeness (QED) is 0.316. The summed E-state index contributed by atoms with van der Waals surface area (Å²) < 4.78 is 5.30. The topological polar surface area (TPSA) is 26.3 Å². The van der Waals surface area contributed by atoms with Gasteiger partial charge in [-0.2, -0.15) is 0 Å². The third-order valence-electron chi connectivity index (χ3n) is 7.79. The maximum Gasteiger partial charge on any atom is 0.338 e. The van der Waals surface area contributed by atoms with E-state index in [9.17, 15) is 4.79 Å². The number of benzene rings is 1. The van der Waals surface area contributed by atoms with Crippen LogP contribution in [0.1, 0.15) is 107 Å². The van der Waals surface area contributed by atoms with Gasteiger partial charge in [0, 0.05) is 0 Å². The summed E-state index contributed by atoms with van der Waals surface area (Å²) in [5.41, 5.74) is 2.04. The molecule has 2 heteroatoms. The van der Waals surface area contributed by atoms with Crippen LogP contribution in [0.3, 0.4) is 0 Å². The van der Waals surface area contributed by atoms with Gasteiger partial charge in [0.25, 0.3) is 0 Å². The van der Waals surface area contributed by atoms with Crippen LogP contribution in [0.15, 0.2) is 24.3 Å². The Bertz CT molecular complexity index is 589. The average Bonchev–Trinajstić information content (AvgIpc) is 2.78. The van der Waals surface area contributed by atoms with Gasteiger partial charge in [0.15, 0.2) is 0 Å². The van der Waals surface area contributed by atoms with Gasteiger partial charge in [0.05, 0.1) is 12.2 Å². The van der Waals surface area contributed by atoms with E-state index in [1.807, 2.05) is 12.1 Å². The molecule has 2 saturated carbocycles. The predicted molar refractivity (Wildman–Crippen MR) is 121 cm³/mol. The minimum Gasteiger partial charge on any atom is -0.462 e. The van der Waals surface area contributed by atoms with Crippen LogP contribution in [0.25, 0.3) is 0 Å². The minimum absolute atomic E-state index is 0.184. The van der Waals surface area contributed by atoms with Crippen LogP contribution >= 0.6 is 0 Å². The molecule has 162 valence electrons. The standard InChI is InChI=1S/C27H42O2/c1-3-5-20-29-27(28)26-18-12-23(13-19-26)7-6-22-10-16-25(17-11-22)24-14-8-21(4-2)9-15-24/h12-13,18-19,21-22,24-25H,3-11,14-17,20H2,1-2H3/t21-,22?,24-,25?. The van der Waals surface area contributed by atoms with E-state index in [-0.39, 0.29) is 5.97 Å². The molecular formula is C27H42O2. The first-order valence-corrected chi connectivity index (χ1v) is 12.5. The van der Waals surface area contributed by atoms with Gasteiger partial charge in [-0.05, 0) is 86.3 Å². The minimum atomic E-state index is -0.184. The fraction of sp³-hybridized carbons (Fsp3) is 0.741. The summed E-state index contributed by atoms with van der Waals surface area (Å²) in [6.45, 7) is 5.00. The molecular weight excluding hydrogens is 356 g/mol. The molecule has 29 heavy (non-hydrogen) atoms. The number of ether oxygens (including phenoxy) is 1. The molecule has 0 N–H and O–H groups in total. The van der Waals surface area contributed by atoms with Crippen molar-refractivity contribution in [1.82, 2.24) is 0 Å². The van der Waals surface area contributed by atoms with E-state index in [1.54, 1.807) is 0 Å². The van der Waals surface area contributed by atoms with E-state index in [0.717, 1.165) is 42.9 Å². The van der Waals surface area contributed by atoms with Crippen molar-refractivity contribution in [2.24, 2.45) is 23.7 Å². The van der Waals surface area contributed by atoms with Crippen molar-refractivity contribution in [3.63, 3.8) is 0 Å². The lowest BCUT2D eigenvalue weighted by atomic mass is 9.68. The zero-order chi connectivity index (χ0) is 20.5. The molecule has 0 aliphatic heterocycles. The molecule has 2 fully saturated rings. The van der Waals surface area contributed by atoms with Crippen LogP contribution < -0.4 is 0 Å². The Morgan fingerprint density at radius 1 is 0.862 bits per heavy atom. The highest BCUT2D eigenvalue weighted by atomic mass is 16.5. The molecule has 0 saturated heterocycles. The Balaban J connectivity index is 1.35. The first-order valence-electron chi connectivity index (χ1n) is 12.5. The van der Waals surface area contributed by atoms with Gasteiger partial charge in [0.1, 0.15) is 0 Å². The third-order valence-corrected chi connectivity index (χ3v) is 7.79. The molecule has 3 rings (SSSR count). The summed E-state index contributed by atoms with van der Waals surface area (Å²) in [6, 6.07) is 8.11. The lowest BCUT2D eigenvalue weighted by Gasteiger charge is -2.37. The van der Waals surface area contributed by atoms with Crippen LogP contribution in [0.2, 0.25) is 0 Å². The number of carbonyl (C=O) groups is 1. The fourth-order valence-corrected chi connectivity index (χ4v) is 5.59. The van der Waals surface area contributed by atoms with Crippen LogP contribution in [0.4, 0.5) is 0 Å². The van der Waals surface area contributed by atoms with E-state index in [1.165, 1.54) is 69.8 Å². The van der Waals surface area contributed by atoms with Crippen molar-refractivity contribution in [1.29, 1.82) is 0 Å². The molecule has 0 heterocycles. The SMILES string of the molecule is CCCCOC(=O)c1ccc(CCC2CCC([C@H]3CC[C@H](CC)CC3)CC2)cc1. The smallest absolute Gasteiger partial charge is 0.338 e. The predicted octanol–water partition coefficient (Wildman–Crippen LogP) is 7.60. The fourth-order valence-electron chi connectivity index (χ4n) is 5.59. The lowest BCUT2D eigenvalue weighted by Crippen LogP contribution is -2.25. The molecule has 0 radical (unpaired) electrons. The second-order valence-corrected chi connectivity index (χ2v) is 9.69. The maximum absolute atomic E-state index is 12.0. The Morgan fingerprint density at radius 2 is 1.45 bits per heavy atom. The van der Waals surface area contributed by atoms with Crippen LogP contribution in [-0.2, 0) is 11.2 Å². The molecule has 0 atom stereocenters. The van der Waals surface area contributed by atoms with Crippen molar-refractivity contribution in [2.75, 3.05) is 6.61 Å². The van der Waals surface area contributed by atoms with Gasteiger partial charge in [-0.3, -0.25) is 0 Å². The van der Waals surface area contributed by atoms with Crippen molar-refractivity contribution in [3.8, 4) is 0 Å². The molecule has 2 aliphatic rings. The second-order valence-electron chi connectivity index (χ2n) is 9.69. The van der Waals surface area contributed by atoms with Gasteiger partial charge < -0.3 is 4.74 Å². The highest BCUT2D eigenvalue weighted by Crippen LogP contribution is 2.42. The molecule has 0 bridgehead atoms. The number of carbonyl (C=O) groups excluding carboxylic acids is 1. The van der Waals surface area contributed by atoms with Gasteiger partial charge in [-0.25, -0.2) is 4.79 Å². The zero-order valence-electron chi connectivity index (χ0n) is 18.8. The van der Waals surface area contributed by atoms with E-state index in [2.05, 4.69) is 26.0 Å². The molecule has 0 unspecified atom stereocenters. The van der Waals surface area contributed by atoms with Crippen molar-refractivity contribution < 1.29 is 9.53 Å². The normalized spacial score (nSPS) is 27.5. The highest BCUT2D eigenvalue weighted by Gasteiger charge is 2.30. The second kappa shape index (κ2) is 11.8. The van der Waals surface area contributed by atoms with Crippen LogP contribution in [0.5, 0.6) is 0 Å². The van der Waals surface area contributed by atoms with Crippen molar-refractivity contribution >= 4 is 5.97 Å². The summed E-state index contributed by atoms with van der Waals surface area (Å²) in [7, 11) is 0. The maximum atomic E-state index is 12.0. The molecule has 0 spiro atoms. The van der Waals surface area contributed by atoms with E-state index in [0.29, 0.717) is 12.2 Å². The van der Waals surface area contributed by atoms with Gasteiger partial charge in [0.2, 0.25) is 0 Å². The Kier molecular flexibility index (Phi) is 9.08. The number of aryl methyl sites for hydroxylation is 1. The van der Waals surface area contributed by atoms with E-state index >= 15 is 0 Å². The number of unbranched alkanes of at least 4 members (excludes halogenated alkanes) is 1. The lowest BCUT2D eigenvalue weighted by molar-refractivity contribution is 0.0499. The molecule has 1 aromatic carbocycles. The van der Waals surface area contributed by atoms with Crippen LogP contribution in [-0.4, -0.2) is 12.6 Å². The first-order chi connectivity index (χ1) is 14.2. The van der Waals surface area contributed by atoms with Crippen LogP contribution in [0, 0.1) is 23.7 Å². The van der Waals surface area contributed by atoms with Crippen molar-refractivity contribution in [3.05, 3.63) is 35.4 Å². The summed E-state index contributed by atoms with van der Waals surface area (Å²) in [6.07, 6.45) is 17.6. The molecule has 0 aromatic heterocycles. The number of rotatable bonds is 9. The van der Waals surface area contributed by atoms with Gasteiger partial charge >= 0.3 is 5.97 Å². The summed E-state index contributed by atoms with van der Waals surface area (Å²) in [4.78, 5) is 12.0. The molecule has 1 aromatic rings. The number of esters is 1. The zero-order valence-corrected chi connectivity index (χ0v) is 18.8. The van der Waals surface area contributed by atoms with Gasteiger partial charge in [-0.1, -0.05) is 64.5 Å². The first kappa shape index (κ1) is 22.4. The summed E-state index contributed by atoms with van der Waals surface area (Å²) in [5.74, 6) is 3.78. The van der Waals surface area contributed by atoms with E-state index < -0.39 is 0 Å². The number of hydrogen-bond acceptors (Lipinski definition) is 2. The molecule has 2 nitrogen and oxygen atoms in total. The highest BCUT2D eigenvalue weighted by molar-refractivity contribution is 5.89. The van der Waals surface area contributed by atoms with Gasteiger partial charge in [-0.15, -0.1) is 0 Å². The largest absolute Gasteiger partial charge is 0.462 e. The molecule has 0 amide bonds. The molecule has 2 aliphatic carbocycles. The Morgan fingerprint density at radius 3 is 2.00 bits per heavy atom. The van der Waals surface area contributed by atoms with Crippen molar-refractivity contribution in [2.45, 2.75) is 97.3 Å². The Hall–Kier alpha value is -1.31. The van der Waals surface area contributed by atoms with E-state index in [4.69, 9.17) is 4.74 Å². The third kappa shape index (κ3) is 6.86. The Labute approximate surface area is 178 Å². The average molecular weight is 399 g/mol. The summed E-state index contributed by atoms with van der Waals surface area (Å²) in [5, 5.41) is 0. The number of hydrogen-bond donors (Lipinski definition) is 0. The summed E-state index contributed by atoms with van der Waals surface area (Å²) >= 11 is 0. The monoisotopic (exact) mass is 398 g/mol.